The fraction of sp³-hybridized carbons (Fsp3) is 1.00. The first-order chi connectivity index (χ1) is 3.83. The van der Waals surface area contributed by atoms with E-state index in [-0.39, 0.29) is 1.43 Å². The molecule has 0 heterocycles. The van der Waals surface area contributed by atoms with Crippen molar-refractivity contribution >= 4 is 0 Å². The van der Waals surface area contributed by atoms with Crippen LogP contribution >= 0.6 is 0 Å². The summed E-state index contributed by atoms with van der Waals surface area (Å²) < 4.78 is 4.69. The van der Waals surface area contributed by atoms with E-state index >= 15 is 0 Å². The van der Waals surface area contributed by atoms with Crippen LogP contribution in [0.3, 0.4) is 0 Å². The van der Waals surface area contributed by atoms with Gasteiger partial charge in [0.2, 0.25) is 0 Å². The molecule has 0 aromatic rings. The Bertz CT molecular complexity index is 27.0. The molecule has 1 N–H and O–H groups in total. The third-order valence-corrected chi connectivity index (χ3v) is 0.408. The summed E-state index contributed by atoms with van der Waals surface area (Å²) in [7, 11) is 5.46. The van der Waals surface area contributed by atoms with Crippen molar-refractivity contribution in [3.8, 4) is 0 Å². The van der Waals surface area contributed by atoms with Crippen LogP contribution in [0.15, 0.2) is 0 Å². The molecule has 0 aliphatic heterocycles. The molecule has 0 atom stereocenters. The van der Waals surface area contributed by atoms with Crippen molar-refractivity contribution in [2.45, 2.75) is 13.3 Å². The van der Waals surface area contributed by atoms with Gasteiger partial charge in [-0.1, -0.05) is 6.92 Å². The van der Waals surface area contributed by atoms with Crippen LogP contribution in [0, 0.1) is 0 Å². The predicted octanol–water partition coefficient (Wildman–Crippen LogP) is 1.12. The highest BCUT2D eigenvalue weighted by Gasteiger charge is 1.66. The first-order valence-corrected chi connectivity index (χ1v) is 2.90. The quantitative estimate of drug-likeness (QED) is 0.591. The summed E-state index contributed by atoms with van der Waals surface area (Å²) in [5, 5.41) is 2.75. The molecule has 8 heavy (non-hydrogen) atoms. The lowest BCUT2D eigenvalue weighted by molar-refractivity contribution is 0.199. The van der Waals surface area contributed by atoms with Gasteiger partial charge in [-0.2, -0.15) is 0 Å². The van der Waals surface area contributed by atoms with E-state index in [1.165, 1.54) is 0 Å². The summed E-state index contributed by atoms with van der Waals surface area (Å²) in [6.45, 7) is 2.98. The molecule has 0 rings (SSSR count). The van der Waals surface area contributed by atoms with E-state index in [1.807, 2.05) is 14.1 Å². The average molecular weight is 121 g/mol. The van der Waals surface area contributed by atoms with Gasteiger partial charge in [0.05, 0.1) is 0 Å². The van der Waals surface area contributed by atoms with E-state index < -0.39 is 0 Å². The van der Waals surface area contributed by atoms with Gasteiger partial charge in [-0.25, -0.2) is 0 Å². The second-order valence-corrected chi connectivity index (χ2v) is 1.49. The largest absolute Gasteiger partial charge is 0.385 e. The van der Waals surface area contributed by atoms with Gasteiger partial charge in [0.1, 0.15) is 0 Å². The van der Waals surface area contributed by atoms with E-state index in [0.717, 1.165) is 13.0 Å². The second-order valence-electron chi connectivity index (χ2n) is 1.49. The fourth-order valence-electron chi connectivity index (χ4n) is 0.204. The Hall–Kier alpha value is -0.0800. The summed E-state index contributed by atoms with van der Waals surface area (Å²) >= 11 is 0. The molecule has 0 aliphatic carbocycles. The van der Waals surface area contributed by atoms with Crippen LogP contribution in [0.1, 0.15) is 14.8 Å². The highest BCUT2D eigenvalue weighted by atomic mass is 16.5. The Morgan fingerprint density at radius 2 is 1.88 bits per heavy atom. The molecular formula is C6H19NO. The second kappa shape index (κ2) is 15.8. The standard InChI is InChI=1S/C4H10O.C2H7N.H2/c1-3-4-5-2;1-3-2;/h3-4H2,1-2H3;3H,1-2H3;1H. The summed E-state index contributed by atoms with van der Waals surface area (Å²) in [4.78, 5) is 0. The van der Waals surface area contributed by atoms with Gasteiger partial charge in [-0.05, 0) is 20.5 Å². The molecule has 0 fully saturated rings. The van der Waals surface area contributed by atoms with Crippen molar-refractivity contribution in [3.05, 3.63) is 0 Å². The van der Waals surface area contributed by atoms with Gasteiger partial charge in [0, 0.05) is 15.1 Å². The Labute approximate surface area is 53.7 Å². The monoisotopic (exact) mass is 121 g/mol. The molecule has 0 saturated heterocycles. The maximum atomic E-state index is 4.69. The van der Waals surface area contributed by atoms with E-state index in [9.17, 15) is 0 Å². The number of methoxy groups -OCH3 is 1. The number of hydrogen-bond acceptors (Lipinski definition) is 2. The van der Waals surface area contributed by atoms with Crippen molar-refractivity contribution < 1.29 is 6.16 Å². The molecule has 2 nitrogen and oxygen atoms in total. The number of hydrogen-bond donors (Lipinski definition) is 1. The van der Waals surface area contributed by atoms with E-state index in [2.05, 4.69) is 12.2 Å². The number of rotatable bonds is 2. The molecule has 0 spiro atoms. The van der Waals surface area contributed by atoms with Gasteiger partial charge in [0.15, 0.2) is 0 Å². The van der Waals surface area contributed by atoms with Crippen molar-refractivity contribution in [1.82, 2.24) is 5.32 Å². The first-order valence-electron chi connectivity index (χ1n) is 2.90. The zero-order chi connectivity index (χ0) is 6.83. The van der Waals surface area contributed by atoms with Crippen molar-refractivity contribution in [3.63, 3.8) is 0 Å². The van der Waals surface area contributed by atoms with Gasteiger partial charge in [0.25, 0.3) is 0 Å². The van der Waals surface area contributed by atoms with Gasteiger partial charge in [-0.15, -0.1) is 0 Å². The van der Waals surface area contributed by atoms with E-state index in [1.54, 1.807) is 7.11 Å². The van der Waals surface area contributed by atoms with Gasteiger partial charge >= 0.3 is 0 Å². The molecular weight excluding hydrogens is 102 g/mol. The normalized spacial score (nSPS) is 7.50. The van der Waals surface area contributed by atoms with Crippen molar-refractivity contribution in [2.24, 2.45) is 0 Å². The zero-order valence-corrected chi connectivity index (χ0v) is 6.32. The zero-order valence-electron chi connectivity index (χ0n) is 6.32. The van der Waals surface area contributed by atoms with Crippen LogP contribution in [-0.4, -0.2) is 27.8 Å². The Morgan fingerprint density at radius 3 is 1.88 bits per heavy atom. The van der Waals surface area contributed by atoms with Crippen LogP contribution in [-0.2, 0) is 4.74 Å². The SMILES string of the molecule is CCCOC.CNC.[HH]. The van der Waals surface area contributed by atoms with E-state index in [0.29, 0.717) is 0 Å². The summed E-state index contributed by atoms with van der Waals surface area (Å²) in [5.41, 5.74) is 0. The maximum absolute atomic E-state index is 4.69. The lowest BCUT2D eigenvalue weighted by Crippen LogP contribution is -1.89. The van der Waals surface area contributed by atoms with Crippen LogP contribution in [0.4, 0.5) is 0 Å². The summed E-state index contributed by atoms with van der Waals surface area (Å²) in [6, 6.07) is 0. The topological polar surface area (TPSA) is 21.3 Å². The minimum absolute atomic E-state index is 0. The average Bonchev–Trinajstić information content (AvgIpc) is 1.71. The Balaban J connectivity index is -0.0000000800. The highest BCUT2D eigenvalue weighted by Crippen LogP contribution is 1.70. The summed E-state index contributed by atoms with van der Waals surface area (Å²) in [6.07, 6.45) is 1.12. The maximum Gasteiger partial charge on any atom is 0.0459 e. The smallest absolute Gasteiger partial charge is 0.0459 e. The Morgan fingerprint density at radius 1 is 1.50 bits per heavy atom. The third kappa shape index (κ3) is 38.9. The molecule has 0 bridgehead atoms. The molecule has 2 heteroatoms. The van der Waals surface area contributed by atoms with Crippen LogP contribution in [0.25, 0.3) is 0 Å². The molecule has 0 unspecified atom stereocenters. The molecule has 0 aliphatic rings. The molecule has 0 aromatic carbocycles. The minimum Gasteiger partial charge on any atom is -0.385 e. The third-order valence-electron chi connectivity index (χ3n) is 0.408. The van der Waals surface area contributed by atoms with Crippen molar-refractivity contribution in [2.75, 3.05) is 27.8 Å². The van der Waals surface area contributed by atoms with Gasteiger partial charge in [-0.3, -0.25) is 0 Å². The summed E-state index contributed by atoms with van der Waals surface area (Å²) in [5.74, 6) is 0. The number of nitrogens with one attached hydrogen (secondary N) is 1. The van der Waals surface area contributed by atoms with Gasteiger partial charge < -0.3 is 10.1 Å². The lowest BCUT2D eigenvalue weighted by Gasteiger charge is -1.84. The van der Waals surface area contributed by atoms with E-state index in [4.69, 9.17) is 4.74 Å². The molecule has 54 valence electrons. The molecule has 0 aromatic heterocycles. The highest BCUT2D eigenvalue weighted by molar-refractivity contribution is 4.15. The minimum atomic E-state index is 0. The number of ether oxygens (including phenoxy) is 1. The predicted molar refractivity (Wildman–Crippen MR) is 39.3 cm³/mol. The first kappa shape index (κ1) is 10.8. The molecule has 0 radical (unpaired) electrons. The van der Waals surface area contributed by atoms with Crippen LogP contribution in [0.2, 0.25) is 0 Å². The molecule has 0 amide bonds. The molecule has 0 saturated carbocycles. The van der Waals surface area contributed by atoms with Crippen LogP contribution in [0.5, 0.6) is 0 Å². The fourth-order valence-corrected chi connectivity index (χ4v) is 0.204. The van der Waals surface area contributed by atoms with Crippen molar-refractivity contribution in [1.29, 1.82) is 0 Å². The van der Waals surface area contributed by atoms with Crippen LogP contribution < -0.4 is 5.32 Å². The lowest BCUT2D eigenvalue weighted by atomic mass is 10.5. The Kier molecular flexibility index (Phi) is 21.3.